The molecule has 13 nitrogen and oxygen atoms in total. The molecule has 0 aromatic heterocycles. The number of unbranched alkanes of at least 4 members (excludes halogenated alkanes) is 3. The summed E-state index contributed by atoms with van der Waals surface area (Å²) in [4.78, 5) is 64.2. The Bertz CT molecular complexity index is 3150. The Morgan fingerprint density at radius 2 is 1.36 bits per heavy atom. The maximum Gasteiger partial charge on any atom is 0.337 e. The van der Waals surface area contributed by atoms with Crippen molar-refractivity contribution in [3.05, 3.63) is 182 Å². The Morgan fingerprint density at radius 3 is 2.04 bits per heavy atom. The van der Waals surface area contributed by atoms with Crippen molar-refractivity contribution in [3.8, 4) is 17.2 Å². The molecule has 0 fully saturated rings. The van der Waals surface area contributed by atoms with E-state index in [9.17, 15) is 43.0 Å². The number of rotatable bonds is 15. The van der Waals surface area contributed by atoms with Crippen molar-refractivity contribution in [2.45, 2.75) is 25.7 Å². The van der Waals surface area contributed by atoms with Crippen LogP contribution in [0, 0.1) is 11.6 Å². The highest BCUT2D eigenvalue weighted by molar-refractivity contribution is 6.37. The Kier molecular flexibility index (Phi) is 12.9. The van der Waals surface area contributed by atoms with Gasteiger partial charge in [-0.15, -0.1) is 0 Å². The van der Waals surface area contributed by atoms with Gasteiger partial charge in [0.1, 0.15) is 17.3 Å². The molecule has 0 bridgehead atoms. The van der Waals surface area contributed by atoms with E-state index in [-0.39, 0.29) is 61.6 Å². The molecule has 0 radical (unpaired) electrons. The number of fused-ring (bicyclic) bond motifs is 3. The summed E-state index contributed by atoms with van der Waals surface area (Å²) in [7, 11) is 1.29. The first kappa shape index (κ1) is 45.0. The summed E-state index contributed by atoms with van der Waals surface area (Å²) in [6.45, 7) is 4.37. The van der Waals surface area contributed by atoms with Gasteiger partial charge in [0.05, 0.1) is 35.2 Å². The van der Waals surface area contributed by atoms with Gasteiger partial charge >= 0.3 is 11.9 Å². The van der Waals surface area contributed by atoms with Gasteiger partial charge in [0.15, 0.2) is 11.6 Å². The third-order valence-corrected chi connectivity index (χ3v) is 11.3. The van der Waals surface area contributed by atoms with Crippen LogP contribution in [0.2, 0.25) is 0 Å². The molecular formula is C52H42F2N4O9. The predicted molar refractivity (Wildman–Crippen MR) is 247 cm³/mol. The Hall–Kier alpha value is -8.59. The number of methoxy groups -OCH3 is 1. The van der Waals surface area contributed by atoms with Gasteiger partial charge in [-0.25, -0.2) is 18.4 Å². The number of hydrogen-bond acceptors (Lipinski definition) is 9. The molecule has 6 aromatic rings. The number of aromatic hydroxyl groups is 1. The van der Waals surface area contributed by atoms with Crippen LogP contribution in [0.1, 0.15) is 89.4 Å². The third-order valence-electron chi connectivity index (χ3n) is 11.3. The molecule has 0 saturated carbocycles. The number of carbonyl (C=O) groups is 5. The number of carboxylic acids is 1. The van der Waals surface area contributed by atoms with Gasteiger partial charge in [-0.3, -0.25) is 14.4 Å². The molecule has 338 valence electrons. The number of ether oxygens (including phenoxy) is 2. The summed E-state index contributed by atoms with van der Waals surface area (Å²) in [5.41, 5.74) is 4.24. The molecule has 0 spiro atoms. The lowest BCUT2D eigenvalue weighted by Crippen LogP contribution is -2.26. The number of anilines is 2. The van der Waals surface area contributed by atoms with E-state index in [1.54, 1.807) is 42.5 Å². The smallest absolute Gasteiger partial charge is 0.337 e. The van der Waals surface area contributed by atoms with Gasteiger partial charge in [0, 0.05) is 63.1 Å². The number of hydrogen-bond donors (Lipinski definition) is 6. The second-order valence-corrected chi connectivity index (χ2v) is 15.7. The quantitative estimate of drug-likeness (QED) is 0.0340. The molecule has 15 heteroatoms. The van der Waals surface area contributed by atoms with Gasteiger partial charge < -0.3 is 41.0 Å². The van der Waals surface area contributed by atoms with Crippen molar-refractivity contribution >= 4 is 64.5 Å². The number of amides is 3. The number of phenols is 1. The van der Waals surface area contributed by atoms with Gasteiger partial charge in [-0.05, 0) is 90.7 Å². The van der Waals surface area contributed by atoms with E-state index < -0.39 is 35.2 Å². The molecule has 8 rings (SSSR count). The number of aromatic carboxylic acids is 1. The van der Waals surface area contributed by atoms with Crippen molar-refractivity contribution in [1.29, 1.82) is 0 Å². The normalized spacial score (nSPS) is 13.0. The molecule has 0 aliphatic carbocycles. The average molecular weight is 905 g/mol. The fourth-order valence-electron chi connectivity index (χ4n) is 7.94. The van der Waals surface area contributed by atoms with Crippen LogP contribution in [0.3, 0.4) is 0 Å². The molecule has 6 N–H and O–H groups in total. The molecule has 3 amide bonds. The minimum Gasteiger partial charge on any atom is -0.505 e. The number of esters is 1. The van der Waals surface area contributed by atoms with Crippen LogP contribution in [0.15, 0.2) is 115 Å². The lowest BCUT2D eigenvalue weighted by atomic mass is 9.88. The SMILES string of the molecule is C=c1cc2c(cc1F)=C(c1ccc(C(=O)NCCCCCCNC(=O)c3ccc(N/C(=C4\C(=O)Nc5cc(C(=O)OC)ccc54)c4ccccc4)cc3)cc1C(=O)O)c1cc(F)c(O)cc1O2. The summed E-state index contributed by atoms with van der Waals surface area (Å²) < 4.78 is 40.1. The zero-order valence-electron chi connectivity index (χ0n) is 35.9. The fraction of sp³-hybridized carbons (Fsp3) is 0.135. The lowest BCUT2D eigenvalue weighted by molar-refractivity contribution is -0.110. The van der Waals surface area contributed by atoms with E-state index in [0.29, 0.717) is 65.3 Å². The lowest BCUT2D eigenvalue weighted by Gasteiger charge is -2.23. The van der Waals surface area contributed by atoms with E-state index in [1.807, 2.05) is 30.3 Å². The molecule has 0 atom stereocenters. The fourth-order valence-corrected chi connectivity index (χ4v) is 7.94. The molecule has 0 unspecified atom stereocenters. The summed E-state index contributed by atoms with van der Waals surface area (Å²) in [5, 5.41) is 32.4. The number of carbonyl (C=O) groups excluding carboxylic acids is 4. The largest absolute Gasteiger partial charge is 0.505 e. The van der Waals surface area contributed by atoms with Crippen molar-refractivity contribution < 1.29 is 52.4 Å². The Balaban J connectivity index is 0.840. The van der Waals surface area contributed by atoms with Gasteiger partial charge in [-0.2, -0.15) is 0 Å². The number of halogens is 2. The van der Waals surface area contributed by atoms with Gasteiger partial charge in [0.25, 0.3) is 17.7 Å². The average Bonchev–Trinajstić information content (AvgIpc) is 3.66. The molecule has 2 aliphatic heterocycles. The predicted octanol–water partition coefficient (Wildman–Crippen LogP) is 7.57. The third kappa shape index (κ3) is 9.47. The molecule has 2 aliphatic rings. The Labute approximate surface area is 382 Å². The first-order valence-electron chi connectivity index (χ1n) is 21.2. The van der Waals surface area contributed by atoms with Crippen LogP contribution >= 0.6 is 0 Å². The topological polar surface area (TPSA) is 192 Å². The second-order valence-electron chi connectivity index (χ2n) is 15.7. The minimum absolute atomic E-state index is 0.0114. The zero-order chi connectivity index (χ0) is 47.4. The summed E-state index contributed by atoms with van der Waals surface area (Å²) in [5.74, 6) is -5.26. The van der Waals surface area contributed by atoms with Crippen molar-refractivity contribution in [1.82, 2.24) is 10.6 Å². The first-order chi connectivity index (χ1) is 32.3. The van der Waals surface area contributed by atoms with Gasteiger partial charge in [-0.1, -0.05) is 61.9 Å². The molecule has 67 heavy (non-hydrogen) atoms. The molecule has 2 heterocycles. The molecule has 6 aromatic carbocycles. The van der Waals surface area contributed by atoms with Crippen LogP contribution in [-0.4, -0.2) is 60.1 Å². The maximum absolute atomic E-state index is 14.8. The number of nitrogens with one attached hydrogen (secondary N) is 4. The van der Waals surface area contributed by atoms with Crippen LogP contribution in [0.5, 0.6) is 17.2 Å². The van der Waals surface area contributed by atoms with Crippen LogP contribution in [-0.2, 0) is 9.53 Å². The number of carboxylic acid groups (broad SMARTS) is 1. The van der Waals surface area contributed by atoms with Crippen LogP contribution in [0.25, 0.3) is 23.4 Å². The van der Waals surface area contributed by atoms with E-state index in [1.165, 1.54) is 31.4 Å². The van der Waals surface area contributed by atoms with Crippen LogP contribution < -0.4 is 36.4 Å². The summed E-state index contributed by atoms with van der Waals surface area (Å²) >= 11 is 0. The highest BCUT2D eigenvalue weighted by Gasteiger charge is 2.30. The van der Waals surface area contributed by atoms with Crippen molar-refractivity contribution in [3.63, 3.8) is 0 Å². The maximum atomic E-state index is 14.8. The number of benzene rings is 6. The standard InChI is InChI=1S/C52H42F2N4O9/c1-28-22-43-37(25-39(28)53)45(38-26-40(54)42(59)27-44(38)67-43)34-18-14-31(23-36(34)51(63)64)49(61)56-21-9-4-3-8-20-55-48(60)30-12-16-33(17-13-30)57-47(29-10-6-5-7-11-29)46-35-19-15-32(52(65)66-2)24-41(35)58-50(46)62/h5-7,10-19,22-27,57,59H,1,3-4,8-9,20-21H2,2H3,(H,55,60)(H,56,61)(H,58,62)(H,63,64)/b47-46-. The number of phenolic OH excluding ortho intramolecular Hbond substituents is 1. The molecular weight excluding hydrogens is 863 g/mol. The van der Waals surface area contributed by atoms with Crippen LogP contribution in [0.4, 0.5) is 20.2 Å². The first-order valence-corrected chi connectivity index (χ1v) is 21.2. The van der Waals surface area contributed by atoms with Crippen molar-refractivity contribution in [2.24, 2.45) is 0 Å². The highest BCUT2D eigenvalue weighted by atomic mass is 19.1. The van der Waals surface area contributed by atoms with E-state index in [4.69, 9.17) is 9.47 Å². The Morgan fingerprint density at radius 1 is 0.701 bits per heavy atom. The van der Waals surface area contributed by atoms with Gasteiger partial charge in [0.2, 0.25) is 0 Å². The molecule has 0 saturated heterocycles. The minimum atomic E-state index is -1.38. The highest BCUT2D eigenvalue weighted by Crippen LogP contribution is 2.41. The van der Waals surface area contributed by atoms with E-state index in [0.717, 1.165) is 36.6 Å². The van der Waals surface area contributed by atoms with E-state index in [2.05, 4.69) is 27.8 Å². The van der Waals surface area contributed by atoms with Crippen molar-refractivity contribution in [2.75, 3.05) is 30.8 Å². The monoisotopic (exact) mass is 904 g/mol. The second kappa shape index (κ2) is 19.3. The zero-order valence-corrected chi connectivity index (χ0v) is 35.9. The summed E-state index contributed by atoms with van der Waals surface area (Å²) in [6, 6.07) is 29.6. The van der Waals surface area contributed by atoms with E-state index >= 15 is 0 Å². The summed E-state index contributed by atoms with van der Waals surface area (Å²) in [6.07, 6.45) is 2.79.